The second-order valence-electron chi connectivity index (χ2n) is 5.07. The summed E-state index contributed by atoms with van der Waals surface area (Å²) in [5.74, 6) is -0.299. The van der Waals surface area contributed by atoms with Crippen LogP contribution in [0.4, 0.5) is 5.00 Å². The number of thiophene rings is 1. The van der Waals surface area contributed by atoms with Gasteiger partial charge in [0.25, 0.3) is 11.8 Å². The molecule has 2 N–H and O–H groups in total. The molecule has 0 aliphatic heterocycles. The first-order valence-corrected chi connectivity index (χ1v) is 8.94. The van der Waals surface area contributed by atoms with Gasteiger partial charge in [-0.3, -0.25) is 9.59 Å². The summed E-state index contributed by atoms with van der Waals surface area (Å²) in [7, 11) is 1.62. The Hall–Kier alpha value is -1.41. The van der Waals surface area contributed by atoms with Crippen molar-refractivity contribution in [3.8, 4) is 0 Å². The van der Waals surface area contributed by atoms with E-state index in [9.17, 15) is 9.59 Å². The molecule has 0 unspecified atom stereocenters. The quantitative estimate of drug-likeness (QED) is 0.739. The van der Waals surface area contributed by atoms with Gasteiger partial charge in [0.05, 0.1) is 11.1 Å². The first kappa shape index (κ1) is 15.5. The topological polar surface area (TPSA) is 58.2 Å². The zero-order valence-corrected chi connectivity index (χ0v) is 15.0. The van der Waals surface area contributed by atoms with E-state index in [1.807, 2.05) is 18.2 Å². The monoisotopic (exact) mass is 426 g/mol. The van der Waals surface area contributed by atoms with Gasteiger partial charge in [-0.15, -0.1) is 11.3 Å². The summed E-state index contributed by atoms with van der Waals surface area (Å²) < 4.78 is 0.892. The highest BCUT2D eigenvalue weighted by Gasteiger charge is 2.27. The SMILES string of the molecule is CNC(=O)c1c(NC(=O)c2ccccc2I)sc2c1CCC2. The number of amides is 2. The largest absolute Gasteiger partial charge is 0.355 e. The summed E-state index contributed by atoms with van der Waals surface area (Å²) in [4.78, 5) is 25.9. The molecule has 2 amide bonds. The fourth-order valence-corrected chi connectivity index (χ4v) is 4.59. The normalized spacial score (nSPS) is 12.8. The van der Waals surface area contributed by atoms with Crippen LogP contribution in [0.25, 0.3) is 0 Å². The van der Waals surface area contributed by atoms with Gasteiger partial charge in [-0.2, -0.15) is 0 Å². The minimum absolute atomic E-state index is 0.127. The third-order valence-corrected chi connectivity index (χ3v) is 5.87. The number of carbonyl (C=O) groups is 2. The van der Waals surface area contributed by atoms with Crippen LogP contribution >= 0.6 is 33.9 Å². The van der Waals surface area contributed by atoms with Crippen LogP contribution in [-0.4, -0.2) is 18.9 Å². The molecule has 3 rings (SSSR count). The zero-order valence-electron chi connectivity index (χ0n) is 12.0. The van der Waals surface area contributed by atoms with Crippen LogP contribution < -0.4 is 10.6 Å². The van der Waals surface area contributed by atoms with E-state index in [4.69, 9.17) is 0 Å². The van der Waals surface area contributed by atoms with Crippen LogP contribution in [0.3, 0.4) is 0 Å². The van der Waals surface area contributed by atoms with Crippen LogP contribution in [0.5, 0.6) is 0 Å². The van der Waals surface area contributed by atoms with E-state index in [1.165, 1.54) is 16.2 Å². The van der Waals surface area contributed by atoms with E-state index in [2.05, 4.69) is 33.2 Å². The number of hydrogen-bond acceptors (Lipinski definition) is 3. The fourth-order valence-electron chi connectivity index (χ4n) is 2.67. The molecule has 0 saturated heterocycles. The van der Waals surface area contributed by atoms with Crippen LogP contribution in [0.1, 0.15) is 37.6 Å². The number of anilines is 1. The van der Waals surface area contributed by atoms with E-state index in [0.717, 1.165) is 28.4 Å². The van der Waals surface area contributed by atoms with Gasteiger partial charge in [-0.1, -0.05) is 12.1 Å². The van der Waals surface area contributed by atoms with Crippen molar-refractivity contribution in [2.45, 2.75) is 19.3 Å². The van der Waals surface area contributed by atoms with E-state index < -0.39 is 0 Å². The Bertz CT molecular complexity index is 755. The summed E-state index contributed by atoms with van der Waals surface area (Å²) in [5, 5.41) is 6.26. The summed E-state index contributed by atoms with van der Waals surface area (Å²) in [6, 6.07) is 7.42. The molecule has 0 bridgehead atoms. The molecule has 0 atom stereocenters. The average molecular weight is 426 g/mol. The van der Waals surface area contributed by atoms with Gasteiger partial charge in [0.1, 0.15) is 5.00 Å². The summed E-state index contributed by atoms with van der Waals surface area (Å²) in [6.07, 6.45) is 2.98. The average Bonchev–Trinajstić information content (AvgIpc) is 3.07. The molecule has 1 heterocycles. The van der Waals surface area contributed by atoms with Crippen molar-refractivity contribution in [1.29, 1.82) is 0 Å². The molecule has 0 radical (unpaired) electrons. The molecular formula is C16H15IN2O2S. The van der Waals surface area contributed by atoms with Gasteiger partial charge < -0.3 is 10.6 Å². The Morgan fingerprint density at radius 3 is 2.68 bits per heavy atom. The first-order chi connectivity index (χ1) is 10.6. The number of carbonyl (C=O) groups excluding carboxylic acids is 2. The van der Waals surface area contributed by atoms with Gasteiger partial charge >= 0.3 is 0 Å². The summed E-state index contributed by atoms with van der Waals surface area (Å²) in [6.45, 7) is 0. The van der Waals surface area contributed by atoms with Crippen LogP contribution in [0.15, 0.2) is 24.3 Å². The predicted octanol–water partition coefficient (Wildman–Crippen LogP) is 3.45. The molecule has 2 aromatic rings. The second kappa shape index (κ2) is 6.37. The van der Waals surface area contributed by atoms with Crippen LogP contribution in [0.2, 0.25) is 0 Å². The highest BCUT2D eigenvalue weighted by molar-refractivity contribution is 14.1. The summed E-state index contributed by atoms with van der Waals surface area (Å²) in [5.41, 5.74) is 2.36. The lowest BCUT2D eigenvalue weighted by Crippen LogP contribution is -2.21. The lowest BCUT2D eigenvalue weighted by atomic mass is 10.1. The highest BCUT2D eigenvalue weighted by atomic mass is 127. The van der Waals surface area contributed by atoms with Gasteiger partial charge in [0.15, 0.2) is 0 Å². The third kappa shape index (κ3) is 2.77. The molecule has 1 aliphatic rings. The Morgan fingerprint density at radius 1 is 1.18 bits per heavy atom. The van der Waals surface area contributed by atoms with E-state index in [1.54, 1.807) is 13.1 Å². The lowest BCUT2D eigenvalue weighted by molar-refractivity contribution is 0.0963. The third-order valence-electron chi connectivity index (χ3n) is 3.72. The number of hydrogen-bond donors (Lipinski definition) is 2. The number of aryl methyl sites for hydroxylation is 1. The van der Waals surface area contributed by atoms with Crippen molar-refractivity contribution in [3.05, 3.63) is 49.4 Å². The van der Waals surface area contributed by atoms with Crippen molar-refractivity contribution in [2.75, 3.05) is 12.4 Å². The maximum atomic E-state index is 12.5. The maximum Gasteiger partial charge on any atom is 0.257 e. The van der Waals surface area contributed by atoms with Crippen molar-refractivity contribution in [1.82, 2.24) is 5.32 Å². The molecule has 114 valence electrons. The Balaban J connectivity index is 1.95. The number of halogens is 1. The van der Waals surface area contributed by atoms with Crippen LogP contribution in [-0.2, 0) is 12.8 Å². The number of fused-ring (bicyclic) bond motifs is 1. The second-order valence-corrected chi connectivity index (χ2v) is 7.34. The molecule has 0 fully saturated rings. The predicted molar refractivity (Wildman–Crippen MR) is 96.8 cm³/mol. The van der Waals surface area contributed by atoms with Gasteiger partial charge in [-0.25, -0.2) is 0 Å². The highest BCUT2D eigenvalue weighted by Crippen LogP contribution is 2.39. The van der Waals surface area contributed by atoms with Crippen molar-refractivity contribution < 1.29 is 9.59 Å². The minimum Gasteiger partial charge on any atom is -0.355 e. The molecule has 1 aromatic heterocycles. The van der Waals surface area contributed by atoms with E-state index in [-0.39, 0.29) is 11.8 Å². The fraction of sp³-hybridized carbons (Fsp3) is 0.250. The molecule has 1 aromatic carbocycles. The van der Waals surface area contributed by atoms with Crippen molar-refractivity contribution in [3.63, 3.8) is 0 Å². The number of rotatable bonds is 3. The number of benzene rings is 1. The van der Waals surface area contributed by atoms with E-state index in [0.29, 0.717) is 16.1 Å². The standard InChI is InChI=1S/C16H15IN2O2S/c1-18-15(21)13-10-6-4-8-12(10)22-16(13)19-14(20)9-5-2-3-7-11(9)17/h2-3,5,7H,4,6,8H2,1H3,(H,18,21)(H,19,20). The van der Waals surface area contributed by atoms with Gasteiger partial charge in [0, 0.05) is 15.5 Å². The Morgan fingerprint density at radius 2 is 1.95 bits per heavy atom. The molecular weight excluding hydrogens is 411 g/mol. The minimum atomic E-state index is -0.171. The van der Waals surface area contributed by atoms with Gasteiger partial charge in [-0.05, 0) is 59.5 Å². The Labute approximate surface area is 146 Å². The van der Waals surface area contributed by atoms with Crippen molar-refractivity contribution in [2.24, 2.45) is 0 Å². The van der Waals surface area contributed by atoms with Crippen molar-refractivity contribution >= 4 is 50.7 Å². The van der Waals surface area contributed by atoms with Crippen LogP contribution in [0, 0.1) is 3.57 Å². The Kier molecular flexibility index (Phi) is 4.49. The molecule has 1 aliphatic carbocycles. The zero-order chi connectivity index (χ0) is 15.7. The molecule has 0 saturated carbocycles. The van der Waals surface area contributed by atoms with Gasteiger partial charge in [0.2, 0.25) is 0 Å². The van der Waals surface area contributed by atoms with E-state index >= 15 is 0 Å². The smallest absolute Gasteiger partial charge is 0.257 e. The first-order valence-electron chi connectivity index (χ1n) is 7.04. The maximum absolute atomic E-state index is 12.5. The molecule has 22 heavy (non-hydrogen) atoms. The molecule has 4 nitrogen and oxygen atoms in total. The lowest BCUT2D eigenvalue weighted by Gasteiger charge is -2.08. The summed E-state index contributed by atoms with van der Waals surface area (Å²) >= 11 is 3.67. The molecule has 6 heteroatoms. The molecule has 0 spiro atoms. The number of nitrogens with one attached hydrogen (secondary N) is 2.